The van der Waals surface area contributed by atoms with Crippen molar-refractivity contribution >= 4 is 15.9 Å². The van der Waals surface area contributed by atoms with Crippen LogP contribution in [0.2, 0.25) is 0 Å². The number of amides is 1. The molecule has 2 aliphatic heterocycles. The molecule has 0 bridgehead atoms. The Balaban J connectivity index is 1.83. The SMILES string of the molecule is Cc1nc(S(=O)(=O)N2CCCC(F)(C(=O)N3CCCC3)C2)cn1C. The molecule has 24 heavy (non-hydrogen) atoms. The number of rotatable bonds is 3. The molecule has 2 saturated heterocycles. The van der Waals surface area contributed by atoms with E-state index in [2.05, 4.69) is 4.98 Å². The predicted octanol–water partition coefficient (Wildman–Crippen LogP) is 0.844. The first-order valence-electron chi connectivity index (χ1n) is 8.22. The van der Waals surface area contributed by atoms with Crippen LogP contribution in [0.3, 0.4) is 0 Å². The van der Waals surface area contributed by atoms with Crippen molar-refractivity contribution in [1.29, 1.82) is 0 Å². The van der Waals surface area contributed by atoms with E-state index in [1.165, 1.54) is 11.1 Å². The largest absolute Gasteiger partial charge is 0.340 e. The van der Waals surface area contributed by atoms with Crippen LogP contribution in [0.5, 0.6) is 0 Å². The lowest BCUT2D eigenvalue weighted by molar-refractivity contribution is -0.145. The Hall–Kier alpha value is -1.48. The van der Waals surface area contributed by atoms with E-state index in [0.29, 0.717) is 25.3 Å². The highest BCUT2D eigenvalue weighted by molar-refractivity contribution is 7.89. The van der Waals surface area contributed by atoms with Gasteiger partial charge in [-0.05, 0) is 32.6 Å². The highest BCUT2D eigenvalue weighted by atomic mass is 32.2. The number of piperidine rings is 1. The number of carbonyl (C=O) groups is 1. The molecule has 2 fully saturated rings. The molecule has 1 atom stereocenters. The zero-order valence-corrected chi connectivity index (χ0v) is 14.9. The Morgan fingerprint density at radius 2 is 1.92 bits per heavy atom. The quantitative estimate of drug-likeness (QED) is 0.803. The maximum atomic E-state index is 15.3. The molecule has 0 spiro atoms. The van der Waals surface area contributed by atoms with Gasteiger partial charge in [-0.3, -0.25) is 4.79 Å². The summed E-state index contributed by atoms with van der Waals surface area (Å²) in [4.78, 5) is 18.1. The smallest absolute Gasteiger partial charge is 0.262 e. The molecule has 1 aromatic rings. The lowest BCUT2D eigenvalue weighted by atomic mass is 9.94. The number of aryl methyl sites for hydroxylation is 2. The maximum absolute atomic E-state index is 15.3. The Labute approximate surface area is 141 Å². The summed E-state index contributed by atoms with van der Waals surface area (Å²) in [5, 5.41) is -0.0969. The molecule has 0 aliphatic carbocycles. The lowest BCUT2D eigenvalue weighted by Crippen LogP contribution is -2.56. The third-order valence-corrected chi connectivity index (χ3v) is 6.59. The average molecular weight is 358 g/mol. The topological polar surface area (TPSA) is 75.5 Å². The van der Waals surface area contributed by atoms with Crippen LogP contribution in [0, 0.1) is 6.92 Å². The number of imidazole rings is 1. The fraction of sp³-hybridized carbons (Fsp3) is 0.733. The number of hydrogen-bond acceptors (Lipinski definition) is 4. The fourth-order valence-electron chi connectivity index (χ4n) is 3.34. The van der Waals surface area contributed by atoms with Gasteiger partial charge in [0.05, 0.1) is 6.54 Å². The number of likely N-dealkylation sites (tertiary alicyclic amines) is 1. The summed E-state index contributed by atoms with van der Waals surface area (Å²) in [5.41, 5.74) is -2.14. The van der Waals surface area contributed by atoms with Gasteiger partial charge in [0.2, 0.25) is 5.67 Å². The van der Waals surface area contributed by atoms with E-state index in [1.807, 2.05) is 0 Å². The molecular weight excluding hydrogens is 335 g/mol. The molecule has 0 N–H and O–H groups in total. The minimum absolute atomic E-state index is 0.0651. The first kappa shape index (κ1) is 17.3. The minimum Gasteiger partial charge on any atom is -0.340 e. The van der Waals surface area contributed by atoms with Crippen LogP contribution in [-0.4, -0.2) is 64.9 Å². The average Bonchev–Trinajstić information content (AvgIpc) is 3.17. The molecule has 2 aliphatic rings. The molecule has 1 amide bonds. The summed E-state index contributed by atoms with van der Waals surface area (Å²) >= 11 is 0. The molecule has 1 aromatic heterocycles. The molecule has 1 unspecified atom stereocenters. The van der Waals surface area contributed by atoms with Gasteiger partial charge in [-0.1, -0.05) is 0 Å². The van der Waals surface area contributed by atoms with Crippen LogP contribution in [0.15, 0.2) is 11.2 Å². The zero-order chi connectivity index (χ0) is 17.5. The van der Waals surface area contributed by atoms with E-state index in [9.17, 15) is 13.2 Å². The van der Waals surface area contributed by atoms with Gasteiger partial charge in [0.1, 0.15) is 5.82 Å². The number of aromatic nitrogens is 2. The van der Waals surface area contributed by atoms with Crippen molar-refractivity contribution in [3.8, 4) is 0 Å². The third-order valence-electron chi connectivity index (χ3n) is 4.87. The summed E-state index contributed by atoms with van der Waals surface area (Å²) < 4.78 is 43.4. The summed E-state index contributed by atoms with van der Waals surface area (Å²) in [6, 6.07) is 0. The van der Waals surface area contributed by atoms with Crippen molar-refractivity contribution in [3.05, 3.63) is 12.0 Å². The molecule has 3 heterocycles. The summed E-state index contributed by atoms with van der Waals surface area (Å²) in [7, 11) is -2.20. The van der Waals surface area contributed by atoms with Crippen LogP contribution in [0.4, 0.5) is 4.39 Å². The van der Waals surface area contributed by atoms with E-state index >= 15 is 4.39 Å². The first-order chi connectivity index (χ1) is 11.2. The van der Waals surface area contributed by atoms with Crippen molar-refractivity contribution in [2.24, 2.45) is 7.05 Å². The molecule has 3 rings (SSSR count). The van der Waals surface area contributed by atoms with Gasteiger partial charge in [-0.15, -0.1) is 0 Å². The van der Waals surface area contributed by atoms with E-state index < -0.39 is 28.1 Å². The second kappa shape index (κ2) is 6.11. The van der Waals surface area contributed by atoms with Crippen LogP contribution >= 0.6 is 0 Å². The van der Waals surface area contributed by atoms with Crippen molar-refractivity contribution < 1.29 is 17.6 Å². The van der Waals surface area contributed by atoms with E-state index in [-0.39, 0.29) is 18.0 Å². The normalized spacial score (nSPS) is 26.0. The van der Waals surface area contributed by atoms with Crippen LogP contribution < -0.4 is 0 Å². The van der Waals surface area contributed by atoms with Gasteiger partial charge in [0.25, 0.3) is 15.9 Å². The van der Waals surface area contributed by atoms with Crippen LogP contribution in [0.1, 0.15) is 31.5 Å². The molecule has 0 saturated carbocycles. The van der Waals surface area contributed by atoms with Crippen LogP contribution in [0.25, 0.3) is 0 Å². The lowest BCUT2D eigenvalue weighted by Gasteiger charge is -2.37. The van der Waals surface area contributed by atoms with Gasteiger partial charge in [0, 0.05) is 32.9 Å². The number of carbonyl (C=O) groups excluding carboxylic acids is 1. The second-order valence-corrected chi connectivity index (χ2v) is 8.53. The Kier molecular flexibility index (Phi) is 4.41. The third kappa shape index (κ3) is 2.95. The summed E-state index contributed by atoms with van der Waals surface area (Å²) in [6.07, 6.45) is 3.55. The van der Waals surface area contributed by atoms with Gasteiger partial charge in [0.15, 0.2) is 5.03 Å². The van der Waals surface area contributed by atoms with Crippen molar-refractivity contribution in [3.63, 3.8) is 0 Å². The van der Waals surface area contributed by atoms with Gasteiger partial charge < -0.3 is 9.47 Å². The van der Waals surface area contributed by atoms with Gasteiger partial charge in [-0.2, -0.15) is 4.31 Å². The highest BCUT2D eigenvalue weighted by Gasteiger charge is 2.48. The van der Waals surface area contributed by atoms with Gasteiger partial charge in [-0.25, -0.2) is 17.8 Å². The number of hydrogen-bond donors (Lipinski definition) is 0. The molecule has 134 valence electrons. The van der Waals surface area contributed by atoms with E-state index in [1.54, 1.807) is 18.5 Å². The molecule has 9 heteroatoms. The maximum Gasteiger partial charge on any atom is 0.262 e. The highest BCUT2D eigenvalue weighted by Crippen LogP contribution is 2.31. The summed E-state index contributed by atoms with van der Waals surface area (Å²) in [5.74, 6) is -0.0117. The molecule has 0 radical (unpaired) electrons. The predicted molar refractivity (Wildman–Crippen MR) is 85.6 cm³/mol. The van der Waals surface area contributed by atoms with Gasteiger partial charge >= 0.3 is 0 Å². The Morgan fingerprint density at radius 1 is 1.25 bits per heavy atom. The van der Waals surface area contributed by atoms with E-state index in [4.69, 9.17) is 0 Å². The Morgan fingerprint density at radius 3 is 2.50 bits per heavy atom. The van der Waals surface area contributed by atoms with Crippen LogP contribution in [-0.2, 0) is 21.9 Å². The monoisotopic (exact) mass is 358 g/mol. The number of halogens is 1. The fourth-order valence-corrected chi connectivity index (χ4v) is 4.89. The number of sulfonamides is 1. The zero-order valence-electron chi connectivity index (χ0n) is 14.0. The molecule has 7 nitrogen and oxygen atoms in total. The van der Waals surface area contributed by atoms with Crippen molar-refractivity contribution in [1.82, 2.24) is 18.8 Å². The molecular formula is C15H23FN4O3S. The molecule has 0 aromatic carbocycles. The Bertz CT molecular complexity index is 722. The van der Waals surface area contributed by atoms with Crippen molar-refractivity contribution in [2.45, 2.75) is 43.3 Å². The summed E-state index contributed by atoms with van der Waals surface area (Å²) in [6.45, 7) is 2.58. The standard InChI is InChI=1S/C15H23FN4O3S/c1-12-17-13(10-18(12)2)24(22,23)20-9-5-6-15(16,11-20)14(21)19-7-3-4-8-19/h10H,3-9,11H2,1-2H3. The number of nitrogens with zero attached hydrogens (tertiary/aromatic N) is 4. The van der Waals surface area contributed by atoms with E-state index in [0.717, 1.165) is 17.1 Å². The second-order valence-electron chi connectivity index (χ2n) is 6.64. The minimum atomic E-state index is -3.90. The van der Waals surface area contributed by atoms with Crippen molar-refractivity contribution in [2.75, 3.05) is 26.2 Å². The number of alkyl halides is 1. The first-order valence-corrected chi connectivity index (χ1v) is 9.66.